The predicted molar refractivity (Wildman–Crippen MR) is 82.3 cm³/mol. The third kappa shape index (κ3) is 3.45. The first-order valence-electron chi connectivity index (χ1n) is 6.78. The highest BCUT2D eigenvalue weighted by Crippen LogP contribution is 2.26. The van der Waals surface area contributed by atoms with Crippen LogP contribution >= 0.6 is 11.6 Å². The first-order valence-corrected chi connectivity index (χ1v) is 7.16. The van der Waals surface area contributed by atoms with Gasteiger partial charge in [0, 0.05) is 5.02 Å². The highest BCUT2D eigenvalue weighted by atomic mass is 35.5. The van der Waals surface area contributed by atoms with Gasteiger partial charge >= 0.3 is 0 Å². The average molecular weight is 307 g/mol. The summed E-state index contributed by atoms with van der Waals surface area (Å²) in [4.78, 5) is 16.7. The van der Waals surface area contributed by atoms with Crippen molar-refractivity contribution in [1.82, 2.24) is 10.3 Å². The van der Waals surface area contributed by atoms with Crippen LogP contribution in [0.25, 0.3) is 0 Å². The van der Waals surface area contributed by atoms with E-state index in [0.29, 0.717) is 10.9 Å². The summed E-state index contributed by atoms with van der Waals surface area (Å²) < 4.78 is 5.46. The number of halogens is 1. The van der Waals surface area contributed by atoms with Gasteiger partial charge in [-0.25, -0.2) is 4.98 Å². The Hall–Kier alpha value is -1.81. The zero-order valence-corrected chi connectivity index (χ0v) is 13.4. The lowest BCUT2D eigenvalue weighted by Gasteiger charge is -2.24. The van der Waals surface area contributed by atoms with Crippen molar-refractivity contribution in [2.75, 3.05) is 0 Å². The summed E-state index contributed by atoms with van der Waals surface area (Å²) in [7, 11) is 0. The Morgan fingerprint density at radius 3 is 2.67 bits per heavy atom. The maximum atomic E-state index is 12.4. The van der Waals surface area contributed by atoms with Gasteiger partial charge in [0.2, 0.25) is 11.8 Å². The summed E-state index contributed by atoms with van der Waals surface area (Å²) >= 11 is 5.99. The maximum Gasteiger partial charge on any atom is 0.230 e. The molecule has 0 aliphatic rings. The molecular weight excluding hydrogens is 288 g/mol. The minimum atomic E-state index is -0.679. The number of carbonyl (C=O) groups is 1. The summed E-state index contributed by atoms with van der Waals surface area (Å²) in [6, 6.07) is 7.33. The first-order chi connectivity index (χ1) is 9.80. The average Bonchev–Trinajstić information content (AvgIpc) is 2.75. The summed E-state index contributed by atoms with van der Waals surface area (Å²) in [5.41, 5.74) is 1.03. The fraction of sp³-hybridized carbons (Fsp3) is 0.375. The van der Waals surface area contributed by atoms with Gasteiger partial charge in [-0.15, -0.1) is 0 Å². The lowest BCUT2D eigenvalue weighted by molar-refractivity contribution is -0.125. The standard InChI is InChI=1S/C16H19ClN2O2/c1-10-11(2)21-14(19-10)9-18-15(20)16(3,4)12-6-5-7-13(17)8-12/h5-8H,9H2,1-4H3,(H,18,20). The van der Waals surface area contributed by atoms with Gasteiger partial charge in [-0.05, 0) is 45.4 Å². The van der Waals surface area contributed by atoms with E-state index < -0.39 is 5.41 Å². The lowest BCUT2D eigenvalue weighted by atomic mass is 9.84. The largest absolute Gasteiger partial charge is 0.444 e. The zero-order chi connectivity index (χ0) is 15.6. The van der Waals surface area contributed by atoms with Crippen molar-refractivity contribution in [2.24, 2.45) is 0 Å². The van der Waals surface area contributed by atoms with Gasteiger partial charge in [0.25, 0.3) is 0 Å². The Morgan fingerprint density at radius 1 is 1.38 bits per heavy atom. The smallest absolute Gasteiger partial charge is 0.230 e. The minimum absolute atomic E-state index is 0.0988. The Bertz CT molecular complexity index is 643. The summed E-state index contributed by atoms with van der Waals surface area (Å²) in [5.74, 6) is 1.19. The molecule has 0 aliphatic heterocycles. The third-order valence-corrected chi connectivity index (χ3v) is 3.82. The molecule has 1 N–H and O–H groups in total. The molecule has 0 aliphatic carbocycles. The van der Waals surface area contributed by atoms with Crippen LogP contribution in [0.2, 0.25) is 5.02 Å². The molecule has 21 heavy (non-hydrogen) atoms. The number of carbonyl (C=O) groups excluding carboxylic acids is 1. The molecule has 0 saturated carbocycles. The maximum absolute atomic E-state index is 12.4. The lowest BCUT2D eigenvalue weighted by Crippen LogP contribution is -2.39. The number of amides is 1. The molecule has 0 unspecified atom stereocenters. The van der Waals surface area contributed by atoms with E-state index in [9.17, 15) is 4.79 Å². The van der Waals surface area contributed by atoms with Crippen molar-refractivity contribution >= 4 is 17.5 Å². The Morgan fingerprint density at radius 2 is 2.10 bits per heavy atom. The Balaban J connectivity index is 2.08. The number of nitrogens with one attached hydrogen (secondary N) is 1. The molecular formula is C16H19ClN2O2. The van der Waals surface area contributed by atoms with Crippen LogP contribution in [0.1, 0.15) is 36.8 Å². The number of rotatable bonds is 4. The quantitative estimate of drug-likeness (QED) is 0.940. The van der Waals surface area contributed by atoms with Crippen LogP contribution in [0.15, 0.2) is 28.7 Å². The second-order valence-electron chi connectivity index (χ2n) is 5.57. The van der Waals surface area contributed by atoms with Crippen LogP contribution in [-0.4, -0.2) is 10.9 Å². The minimum Gasteiger partial charge on any atom is -0.444 e. The molecule has 1 heterocycles. The van der Waals surface area contributed by atoms with Crippen molar-refractivity contribution in [1.29, 1.82) is 0 Å². The molecule has 5 heteroatoms. The van der Waals surface area contributed by atoms with Crippen LogP contribution in [0, 0.1) is 13.8 Å². The molecule has 0 bridgehead atoms. The van der Waals surface area contributed by atoms with E-state index in [-0.39, 0.29) is 12.5 Å². The van der Waals surface area contributed by atoms with Crippen LogP contribution in [0.3, 0.4) is 0 Å². The van der Waals surface area contributed by atoms with Gasteiger partial charge in [-0.1, -0.05) is 23.7 Å². The molecule has 1 amide bonds. The van der Waals surface area contributed by atoms with Gasteiger partial charge < -0.3 is 9.73 Å². The number of hydrogen-bond donors (Lipinski definition) is 1. The van der Waals surface area contributed by atoms with Crippen molar-refractivity contribution in [3.63, 3.8) is 0 Å². The molecule has 0 atom stereocenters. The van der Waals surface area contributed by atoms with Crippen LogP contribution in [-0.2, 0) is 16.8 Å². The fourth-order valence-corrected chi connectivity index (χ4v) is 2.19. The molecule has 0 spiro atoms. The van der Waals surface area contributed by atoms with E-state index in [1.807, 2.05) is 39.8 Å². The molecule has 0 radical (unpaired) electrons. The fourth-order valence-electron chi connectivity index (χ4n) is 2.00. The molecule has 4 nitrogen and oxygen atoms in total. The predicted octanol–water partition coefficient (Wildman–Crippen LogP) is 3.54. The first kappa shape index (κ1) is 15.6. The molecule has 112 valence electrons. The van der Waals surface area contributed by atoms with E-state index >= 15 is 0 Å². The monoisotopic (exact) mass is 306 g/mol. The molecule has 2 aromatic rings. The van der Waals surface area contributed by atoms with Crippen molar-refractivity contribution in [3.8, 4) is 0 Å². The topological polar surface area (TPSA) is 55.1 Å². The summed E-state index contributed by atoms with van der Waals surface area (Å²) in [6.45, 7) is 7.72. The molecule has 0 fully saturated rings. The van der Waals surface area contributed by atoms with Gasteiger partial charge in [0.1, 0.15) is 5.76 Å². The molecule has 1 aromatic carbocycles. The molecule has 2 rings (SSSR count). The second-order valence-corrected chi connectivity index (χ2v) is 6.00. The number of aromatic nitrogens is 1. The van der Waals surface area contributed by atoms with Gasteiger partial charge in [0.15, 0.2) is 0 Å². The van der Waals surface area contributed by atoms with E-state index in [2.05, 4.69) is 10.3 Å². The van der Waals surface area contributed by atoms with Crippen LogP contribution in [0.5, 0.6) is 0 Å². The Kier molecular flexibility index (Phi) is 4.37. The highest BCUT2D eigenvalue weighted by Gasteiger charge is 2.30. The highest BCUT2D eigenvalue weighted by molar-refractivity contribution is 6.30. The van der Waals surface area contributed by atoms with E-state index in [4.69, 9.17) is 16.0 Å². The normalized spacial score (nSPS) is 11.5. The molecule has 0 saturated heterocycles. The number of benzene rings is 1. The number of oxazole rings is 1. The SMILES string of the molecule is Cc1nc(CNC(=O)C(C)(C)c2cccc(Cl)c2)oc1C. The van der Waals surface area contributed by atoms with E-state index in [0.717, 1.165) is 17.0 Å². The van der Waals surface area contributed by atoms with E-state index in [1.54, 1.807) is 12.1 Å². The van der Waals surface area contributed by atoms with Crippen molar-refractivity contribution < 1.29 is 9.21 Å². The van der Waals surface area contributed by atoms with Crippen molar-refractivity contribution in [3.05, 3.63) is 52.2 Å². The van der Waals surface area contributed by atoms with Crippen LogP contribution < -0.4 is 5.32 Å². The van der Waals surface area contributed by atoms with Crippen molar-refractivity contribution in [2.45, 2.75) is 39.7 Å². The van der Waals surface area contributed by atoms with Crippen LogP contribution in [0.4, 0.5) is 0 Å². The van der Waals surface area contributed by atoms with Gasteiger partial charge in [-0.3, -0.25) is 4.79 Å². The van der Waals surface area contributed by atoms with Gasteiger partial charge in [0.05, 0.1) is 17.7 Å². The number of nitrogens with zero attached hydrogens (tertiary/aromatic N) is 1. The summed E-state index contributed by atoms with van der Waals surface area (Å²) in [6.07, 6.45) is 0. The second kappa shape index (κ2) is 5.90. The third-order valence-electron chi connectivity index (χ3n) is 3.59. The molecule has 1 aromatic heterocycles. The number of hydrogen-bond acceptors (Lipinski definition) is 3. The summed E-state index contributed by atoms with van der Waals surface area (Å²) in [5, 5.41) is 3.48. The Labute approximate surface area is 129 Å². The number of aryl methyl sites for hydroxylation is 2. The van der Waals surface area contributed by atoms with Gasteiger partial charge in [-0.2, -0.15) is 0 Å². The zero-order valence-electron chi connectivity index (χ0n) is 12.7. The van der Waals surface area contributed by atoms with E-state index in [1.165, 1.54) is 0 Å².